The molecule has 2 amide bonds. The zero-order valence-electron chi connectivity index (χ0n) is 14.2. The first-order chi connectivity index (χ1) is 12.1. The summed E-state index contributed by atoms with van der Waals surface area (Å²) in [5.74, 6) is -0.0262. The van der Waals surface area contributed by atoms with Gasteiger partial charge in [0.2, 0.25) is 0 Å². The molecule has 1 saturated carbocycles. The van der Waals surface area contributed by atoms with Crippen LogP contribution in [0.4, 0.5) is 4.79 Å². The summed E-state index contributed by atoms with van der Waals surface area (Å²) in [6.45, 7) is 2.84. The number of furan rings is 1. The van der Waals surface area contributed by atoms with E-state index in [1.807, 2.05) is 0 Å². The Bertz CT molecular complexity index is 651. The minimum atomic E-state index is -0.701. The summed E-state index contributed by atoms with van der Waals surface area (Å²) >= 11 is 0. The second-order valence-electron chi connectivity index (χ2n) is 6.08. The summed E-state index contributed by atoms with van der Waals surface area (Å²) in [5.41, 5.74) is 0.823. The topological polar surface area (TPSA) is 104 Å². The molecule has 0 spiro atoms. The van der Waals surface area contributed by atoms with Crippen molar-refractivity contribution in [3.05, 3.63) is 35.4 Å². The van der Waals surface area contributed by atoms with E-state index in [-0.39, 0.29) is 13.2 Å². The molecule has 8 heteroatoms. The number of nitrogens with one attached hydrogen (secondary N) is 2. The van der Waals surface area contributed by atoms with E-state index in [2.05, 4.69) is 15.5 Å². The van der Waals surface area contributed by atoms with Crippen molar-refractivity contribution in [1.82, 2.24) is 15.5 Å². The average molecular weight is 349 g/mol. The molecule has 0 bridgehead atoms. The van der Waals surface area contributed by atoms with E-state index in [0.29, 0.717) is 36.2 Å². The summed E-state index contributed by atoms with van der Waals surface area (Å²) in [6.07, 6.45) is 3.60. The zero-order valence-corrected chi connectivity index (χ0v) is 14.2. The largest absolute Gasteiger partial charge is 0.467 e. The maximum Gasteiger partial charge on any atom is 0.338 e. The van der Waals surface area contributed by atoms with Crippen molar-refractivity contribution in [2.75, 3.05) is 26.3 Å². The maximum atomic E-state index is 12.6. The van der Waals surface area contributed by atoms with E-state index in [9.17, 15) is 14.7 Å². The molecule has 3 N–H and O–H groups in total. The molecule has 0 unspecified atom stereocenters. The quantitative estimate of drug-likeness (QED) is 0.603. The van der Waals surface area contributed by atoms with Gasteiger partial charge in [-0.3, -0.25) is 4.90 Å². The number of esters is 1. The summed E-state index contributed by atoms with van der Waals surface area (Å²) in [6, 6.07) is 2.68. The van der Waals surface area contributed by atoms with Crippen molar-refractivity contribution < 1.29 is 23.8 Å². The Hall–Kier alpha value is -2.32. The van der Waals surface area contributed by atoms with Gasteiger partial charge in [0.1, 0.15) is 11.8 Å². The van der Waals surface area contributed by atoms with Gasteiger partial charge in [-0.15, -0.1) is 0 Å². The van der Waals surface area contributed by atoms with Crippen LogP contribution in [0.5, 0.6) is 0 Å². The molecule has 1 atom stereocenters. The fourth-order valence-corrected chi connectivity index (χ4v) is 3.02. The van der Waals surface area contributed by atoms with Gasteiger partial charge in [-0.1, -0.05) is 0 Å². The number of rotatable bonds is 8. The minimum Gasteiger partial charge on any atom is -0.467 e. The Labute approximate surface area is 145 Å². The first-order valence-corrected chi connectivity index (χ1v) is 8.50. The van der Waals surface area contributed by atoms with Crippen LogP contribution in [-0.2, 0) is 9.53 Å². The molecule has 0 radical (unpaired) electrons. The number of aliphatic hydroxyl groups is 1. The summed E-state index contributed by atoms with van der Waals surface area (Å²) in [4.78, 5) is 26.7. The molecule has 25 heavy (non-hydrogen) atoms. The molecule has 1 fully saturated rings. The maximum absolute atomic E-state index is 12.6. The molecule has 1 aromatic rings. The summed E-state index contributed by atoms with van der Waals surface area (Å²) in [5, 5.41) is 14.7. The second kappa shape index (κ2) is 7.71. The van der Waals surface area contributed by atoms with Crippen LogP contribution in [0.1, 0.15) is 31.6 Å². The van der Waals surface area contributed by atoms with Gasteiger partial charge in [0.25, 0.3) is 0 Å². The average Bonchev–Trinajstić information content (AvgIpc) is 3.28. The van der Waals surface area contributed by atoms with Crippen LogP contribution in [0.2, 0.25) is 0 Å². The van der Waals surface area contributed by atoms with Crippen molar-refractivity contribution in [3.8, 4) is 0 Å². The number of hydrogen-bond acceptors (Lipinski definition) is 6. The Kier molecular flexibility index (Phi) is 5.40. The van der Waals surface area contributed by atoms with Gasteiger partial charge >= 0.3 is 12.0 Å². The molecule has 1 aromatic heterocycles. The molecule has 2 aliphatic rings. The van der Waals surface area contributed by atoms with Crippen LogP contribution in [-0.4, -0.2) is 54.4 Å². The lowest BCUT2D eigenvalue weighted by Crippen LogP contribution is -2.49. The number of amides is 2. The Morgan fingerprint density at radius 3 is 2.88 bits per heavy atom. The smallest absolute Gasteiger partial charge is 0.338 e. The molecule has 1 aliphatic heterocycles. The lowest BCUT2D eigenvalue weighted by molar-refractivity contribution is -0.139. The lowest BCUT2D eigenvalue weighted by atomic mass is 10.00. The predicted octanol–water partition coefficient (Wildman–Crippen LogP) is 0.907. The number of urea groups is 1. The van der Waals surface area contributed by atoms with Gasteiger partial charge in [-0.05, 0) is 31.9 Å². The van der Waals surface area contributed by atoms with Gasteiger partial charge < -0.3 is 24.9 Å². The molecular weight excluding hydrogens is 326 g/mol. The van der Waals surface area contributed by atoms with Crippen molar-refractivity contribution in [2.45, 2.75) is 31.8 Å². The highest BCUT2D eigenvalue weighted by atomic mass is 16.5. The van der Waals surface area contributed by atoms with Crippen molar-refractivity contribution in [3.63, 3.8) is 0 Å². The minimum absolute atomic E-state index is 0.0202. The highest BCUT2D eigenvalue weighted by molar-refractivity contribution is 5.95. The van der Waals surface area contributed by atoms with Crippen molar-refractivity contribution in [1.29, 1.82) is 0 Å². The fourth-order valence-electron chi connectivity index (χ4n) is 3.02. The number of nitrogens with zero attached hydrogens (tertiary/aromatic N) is 1. The Morgan fingerprint density at radius 2 is 2.28 bits per heavy atom. The zero-order chi connectivity index (χ0) is 17.8. The third kappa shape index (κ3) is 4.02. The lowest BCUT2D eigenvalue weighted by Gasteiger charge is -2.31. The molecule has 3 rings (SSSR count). The van der Waals surface area contributed by atoms with E-state index in [4.69, 9.17) is 9.15 Å². The highest BCUT2D eigenvalue weighted by Crippen LogP contribution is 2.31. The fraction of sp³-hybridized carbons (Fsp3) is 0.529. The predicted molar refractivity (Wildman–Crippen MR) is 88.5 cm³/mol. The normalized spacial score (nSPS) is 20.4. The van der Waals surface area contributed by atoms with Gasteiger partial charge in [-0.2, -0.15) is 0 Å². The third-order valence-corrected chi connectivity index (χ3v) is 4.29. The number of hydrogen-bond donors (Lipinski definition) is 3. The number of carbonyl (C=O) groups is 2. The molecule has 8 nitrogen and oxygen atoms in total. The standard InChI is InChI=1S/C17H23N3O5/c1-2-24-16(22)14-12(10-20(7-8-21)11-5-6-11)18-17(23)19-15(14)13-4-3-9-25-13/h3-4,9,11,15,21H,2,5-8,10H2,1H3,(H2,18,19,23)/t15-/m1/s1. The monoisotopic (exact) mass is 349 g/mol. The summed E-state index contributed by atoms with van der Waals surface area (Å²) in [7, 11) is 0. The van der Waals surface area contributed by atoms with E-state index >= 15 is 0 Å². The van der Waals surface area contributed by atoms with E-state index in [1.54, 1.807) is 19.1 Å². The van der Waals surface area contributed by atoms with Crippen LogP contribution in [0.25, 0.3) is 0 Å². The second-order valence-corrected chi connectivity index (χ2v) is 6.08. The molecular formula is C17H23N3O5. The van der Waals surface area contributed by atoms with Crippen LogP contribution in [0, 0.1) is 0 Å². The third-order valence-electron chi connectivity index (χ3n) is 4.29. The molecule has 2 heterocycles. The van der Waals surface area contributed by atoms with Crippen LogP contribution in [0.15, 0.2) is 34.1 Å². The van der Waals surface area contributed by atoms with Gasteiger partial charge in [-0.25, -0.2) is 9.59 Å². The van der Waals surface area contributed by atoms with E-state index in [0.717, 1.165) is 12.8 Å². The Balaban J connectivity index is 1.95. The van der Waals surface area contributed by atoms with Gasteiger partial charge in [0, 0.05) is 24.8 Å². The number of ether oxygens (including phenoxy) is 1. The Morgan fingerprint density at radius 1 is 1.48 bits per heavy atom. The van der Waals surface area contributed by atoms with Crippen LogP contribution < -0.4 is 10.6 Å². The van der Waals surface area contributed by atoms with Crippen LogP contribution >= 0.6 is 0 Å². The van der Waals surface area contributed by atoms with Crippen molar-refractivity contribution in [2.24, 2.45) is 0 Å². The van der Waals surface area contributed by atoms with Gasteiger partial charge in [0.05, 0.1) is 25.1 Å². The van der Waals surface area contributed by atoms with Crippen molar-refractivity contribution >= 4 is 12.0 Å². The van der Waals surface area contributed by atoms with Gasteiger partial charge in [0.15, 0.2) is 0 Å². The van der Waals surface area contributed by atoms with E-state index in [1.165, 1.54) is 6.26 Å². The number of carbonyl (C=O) groups excluding carboxylic acids is 2. The number of aliphatic hydroxyl groups excluding tert-OH is 1. The first kappa shape index (κ1) is 17.5. The van der Waals surface area contributed by atoms with E-state index < -0.39 is 18.0 Å². The van der Waals surface area contributed by atoms with Crippen LogP contribution in [0.3, 0.4) is 0 Å². The molecule has 0 saturated heterocycles. The molecule has 0 aromatic carbocycles. The highest BCUT2D eigenvalue weighted by Gasteiger charge is 2.37. The SMILES string of the molecule is CCOC(=O)C1=C(CN(CCO)C2CC2)NC(=O)N[C@@H]1c1ccco1. The first-order valence-electron chi connectivity index (χ1n) is 8.50. The summed E-state index contributed by atoms with van der Waals surface area (Å²) < 4.78 is 10.6. The molecule has 136 valence electrons. The molecule has 1 aliphatic carbocycles.